The van der Waals surface area contributed by atoms with Gasteiger partial charge < -0.3 is 9.80 Å². The lowest BCUT2D eigenvalue weighted by Gasteiger charge is -2.32. The van der Waals surface area contributed by atoms with Gasteiger partial charge in [0, 0.05) is 32.4 Å². The van der Waals surface area contributed by atoms with Crippen molar-refractivity contribution in [1.82, 2.24) is 9.21 Å². The summed E-state index contributed by atoms with van der Waals surface area (Å²) >= 11 is 0. The van der Waals surface area contributed by atoms with Crippen LogP contribution in [0.15, 0.2) is 53.4 Å². The molecule has 0 bridgehead atoms. The first-order valence-electron chi connectivity index (χ1n) is 9.59. The molecule has 1 saturated heterocycles. The van der Waals surface area contributed by atoms with Crippen molar-refractivity contribution in [2.75, 3.05) is 25.5 Å². The topological polar surface area (TPSA) is 60.9 Å². The van der Waals surface area contributed by atoms with E-state index in [2.05, 4.69) is 0 Å². The number of nitrogens with zero attached hydrogens (tertiary/aromatic N) is 3. The number of sulfonamides is 1. The number of hydrogen-bond donors (Lipinski definition) is 0. The number of alkyl halides is 3. The molecule has 1 amide bonds. The fourth-order valence-corrected chi connectivity index (χ4v) is 5.28. The monoisotopic (exact) mass is 455 g/mol. The molecule has 1 aliphatic rings. The Morgan fingerprint density at radius 1 is 1.03 bits per heavy atom. The summed E-state index contributed by atoms with van der Waals surface area (Å²) < 4.78 is 67.8. The van der Waals surface area contributed by atoms with Gasteiger partial charge in [-0.1, -0.05) is 29.8 Å². The van der Waals surface area contributed by atoms with Crippen LogP contribution in [0.2, 0.25) is 0 Å². The molecule has 2 aromatic carbocycles. The Bertz CT molecular complexity index is 1050. The zero-order valence-corrected chi connectivity index (χ0v) is 18.4. The van der Waals surface area contributed by atoms with Gasteiger partial charge in [-0.2, -0.15) is 17.5 Å². The van der Waals surface area contributed by atoms with Gasteiger partial charge in [0.15, 0.2) is 0 Å². The molecule has 2 aromatic rings. The maximum Gasteiger partial charge on any atom is 0.471 e. The van der Waals surface area contributed by atoms with Gasteiger partial charge in [0.25, 0.3) is 0 Å². The summed E-state index contributed by atoms with van der Waals surface area (Å²) in [6, 6.07) is 11.5. The number of aryl methyl sites for hydroxylation is 1. The van der Waals surface area contributed by atoms with Crippen LogP contribution in [0.3, 0.4) is 0 Å². The summed E-state index contributed by atoms with van der Waals surface area (Å²) in [5.74, 6) is -2.07. The molecule has 0 aromatic heterocycles. The lowest BCUT2D eigenvalue weighted by atomic mass is 10.1. The minimum atomic E-state index is -5.13. The molecule has 0 N–H and O–H groups in total. The average molecular weight is 456 g/mol. The Hall–Kier alpha value is -2.59. The van der Waals surface area contributed by atoms with Crippen LogP contribution in [-0.4, -0.2) is 56.4 Å². The van der Waals surface area contributed by atoms with Gasteiger partial charge in [-0.3, -0.25) is 4.79 Å². The fraction of sp³-hybridized carbons (Fsp3) is 0.381. The van der Waals surface area contributed by atoms with Crippen LogP contribution in [-0.2, 0) is 14.8 Å². The smallest absolute Gasteiger partial charge is 0.378 e. The van der Waals surface area contributed by atoms with Crippen LogP contribution in [0.25, 0.3) is 0 Å². The van der Waals surface area contributed by atoms with Crippen molar-refractivity contribution in [2.45, 2.75) is 37.1 Å². The molecule has 0 radical (unpaired) electrons. The molecule has 0 aliphatic carbocycles. The second-order valence-corrected chi connectivity index (χ2v) is 9.70. The van der Waals surface area contributed by atoms with Crippen LogP contribution in [0.1, 0.15) is 24.2 Å². The van der Waals surface area contributed by atoms with Gasteiger partial charge >= 0.3 is 12.1 Å². The van der Waals surface area contributed by atoms with Crippen LogP contribution in [0, 0.1) is 6.92 Å². The average Bonchev–Trinajstić information content (AvgIpc) is 3.04. The van der Waals surface area contributed by atoms with Crippen molar-refractivity contribution in [1.29, 1.82) is 0 Å². The number of benzene rings is 2. The molecule has 3 rings (SSSR count). The lowest BCUT2D eigenvalue weighted by molar-refractivity contribution is -0.189. The Kier molecular flexibility index (Phi) is 6.07. The SMILES string of the molecule is Cc1ccc(S(=O)(=O)N2C[C@@H](C)N(C(=O)C(F)(F)F)[C@H]2c2ccc(N(C)C)cc2)cc1. The summed E-state index contributed by atoms with van der Waals surface area (Å²) in [5.41, 5.74) is 1.91. The van der Waals surface area contributed by atoms with E-state index in [9.17, 15) is 26.4 Å². The van der Waals surface area contributed by atoms with E-state index < -0.39 is 34.3 Å². The van der Waals surface area contributed by atoms with Crippen molar-refractivity contribution >= 4 is 21.6 Å². The fourth-order valence-electron chi connectivity index (χ4n) is 3.63. The van der Waals surface area contributed by atoms with Crippen LogP contribution < -0.4 is 4.90 Å². The van der Waals surface area contributed by atoms with E-state index in [1.54, 1.807) is 62.3 Å². The van der Waals surface area contributed by atoms with Crippen molar-refractivity contribution < 1.29 is 26.4 Å². The maximum absolute atomic E-state index is 13.4. The predicted octanol–water partition coefficient (Wildman–Crippen LogP) is 3.54. The molecule has 0 unspecified atom stereocenters. The second-order valence-electron chi connectivity index (χ2n) is 7.81. The minimum Gasteiger partial charge on any atom is -0.378 e. The van der Waals surface area contributed by atoms with Gasteiger partial charge in [-0.25, -0.2) is 8.42 Å². The van der Waals surface area contributed by atoms with Crippen LogP contribution in [0.5, 0.6) is 0 Å². The Morgan fingerprint density at radius 2 is 1.58 bits per heavy atom. The summed E-state index contributed by atoms with van der Waals surface area (Å²) in [6.45, 7) is 2.96. The first-order valence-corrected chi connectivity index (χ1v) is 11.0. The molecule has 2 atom stereocenters. The first-order chi connectivity index (χ1) is 14.3. The van der Waals surface area contributed by atoms with Crippen molar-refractivity contribution in [2.24, 2.45) is 0 Å². The predicted molar refractivity (Wildman–Crippen MR) is 111 cm³/mol. The Labute approximate surface area is 179 Å². The summed E-state index contributed by atoms with van der Waals surface area (Å²) in [5, 5.41) is 0. The molecule has 0 spiro atoms. The molecule has 10 heteroatoms. The molecule has 6 nitrogen and oxygen atoms in total. The quantitative estimate of drug-likeness (QED) is 0.708. The molecule has 168 valence electrons. The molecular formula is C21H24F3N3O3S. The molecule has 31 heavy (non-hydrogen) atoms. The summed E-state index contributed by atoms with van der Waals surface area (Å²) in [6.07, 6.45) is -6.54. The number of anilines is 1. The highest BCUT2D eigenvalue weighted by atomic mass is 32.2. The standard InChI is InChI=1S/C21H24F3N3O3S/c1-14-5-11-18(12-6-14)31(29,30)26-13-15(2)27(20(28)21(22,23)24)19(26)16-7-9-17(10-8-16)25(3)4/h5-12,15,19H,13H2,1-4H3/t15-,19+/m1/s1. The third-order valence-corrected chi connectivity index (χ3v) is 7.10. The molecule has 1 fully saturated rings. The second kappa shape index (κ2) is 8.16. The molecule has 1 heterocycles. The minimum absolute atomic E-state index is 0.0403. The number of carbonyl (C=O) groups is 1. The molecule has 0 saturated carbocycles. The number of carbonyl (C=O) groups excluding carboxylic acids is 1. The zero-order valence-electron chi connectivity index (χ0n) is 17.6. The zero-order chi connectivity index (χ0) is 23.1. The lowest BCUT2D eigenvalue weighted by Crippen LogP contribution is -2.45. The highest BCUT2D eigenvalue weighted by Crippen LogP contribution is 2.40. The highest BCUT2D eigenvalue weighted by Gasteiger charge is 2.53. The highest BCUT2D eigenvalue weighted by molar-refractivity contribution is 7.89. The summed E-state index contributed by atoms with van der Waals surface area (Å²) in [4.78, 5) is 14.6. The number of amides is 1. The van der Waals surface area contributed by atoms with Crippen LogP contribution >= 0.6 is 0 Å². The van der Waals surface area contributed by atoms with E-state index in [0.717, 1.165) is 15.6 Å². The Morgan fingerprint density at radius 3 is 2.06 bits per heavy atom. The van der Waals surface area contributed by atoms with Crippen LogP contribution in [0.4, 0.5) is 18.9 Å². The first kappa shape index (κ1) is 23.1. The number of hydrogen-bond acceptors (Lipinski definition) is 4. The van der Waals surface area contributed by atoms with Crippen molar-refractivity contribution in [3.8, 4) is 0 Å². The van der Waals surface area contributed by atoms with Crippen molar-refractivity contribution in [3.05, 3.63) is 59.7 Å². The van der Waals surface area contributed by atoms with E-state index >= 15 is 0 Å². The number of rotatable bonds is 4. The summed E-state index contributed by atoms with van der Waals surface area (Å²) in [7, 11) is -0.551. The number of halogens is 3. The van der Waals surface area contributed by atoms with E-state index in [1.165, 1.54) is 19.1 Å². The largest absolute Gasteiger partial charge is 0.471 e. The van der Waals surface area contributed by atoms with E-state index in [0.29, 0.717) is 4.90 Å². The van der Waals surface area contributed by atoms with E-state index in [1.807, 2.05) is 0 Å². The van der Waals surface area contributed by atoms with Crippen molar-refractivity contribution in [3.63, 3.8) is 0 Å². The Balaban J connectivity index is 2.13. The normalized spacial score (nSPS) is 20.2. The van der Waals surface area contributed by atoms with Gasteiger partial charge in [0.05, 0.1) is 4.90 Å². The van der Waals surface area contributed by atoms with Gasteiger partial charge in [-0.05, 0) is 43.7 Å². The molecule has 1 aliphatic heterocycles. The maximum atomic E-state index is 13.4. The molecular weight excluding hydrogens is 431 g/mol. The van der Waals surface area contributed by atoms with E-state index in [-0.39, 0.29) is 17.0 Å². The third-order valence-electron chi connectivity index (χ3n) is 5.27. The van der Waals surface area contributed by atoms with Gasteiger partial charge in [0.2, 0.25) is 10.0 Å². The van der Waals surface area contributed by atoms with Gasteiger partial charge in [0.1, 0.15) is 6.17 Å². The van der Waals surface area contributed by atoms with Gasteiger partial charge in [-0.15, -0.1) is 0 Å². The third kappa shape index (κ3) is 4.40. The van der Waals surface area contributed by atoms with E-state index in [4.69, 9.17) is 0 Å².